The molecule has 23 heavy (non-hydrogen) atoms. The number of carbonyl (C=O) groups is 1. The quantitative estimate of drug-likeness (QED) is 0.818. The van der Waals surface area contributed by atoms with Gasteiger partial charge in [0.05, 0.1) is 12.6 Å². The van der Waals surface area contributed by atoms with Crippen LogP contribution >= 0.6 is 0 Å². The smallest absolute Gasteiger partial charge is 0.315 e. The Balaban J connectivity index is 1.73. The van der Waals surface area contributed by atoms with Crippen molar-refractivity contribution in [2.45, 2.75) is 46.0 Å². The Kier molecular flexibility index (Phi) is 5.96. The number of rotatable bonds is 7. The van der Waals surface area contributed by atoms with Gasteiger partial charge in [0, 0.05) is 37.2 Å². The van der Waals surface area contributed by atoms with Crippen LogP contribution in [0, 0.1) is 0 Å². The molecule has 0 aliphatic rings. The molecule has 0 unspecified atom stereocenters. The molecule has 0 aliphatic heterocycles. The number of aromatic nitrogens is 3. The molecule has 0 fully saturated rings. The van der Waals surface area contributed by atoms with Crippen LogP contribution in [0.4, 0.5) is 4.79 Å². The van der Waals surface area contributed by atoms with Crippen LogP contribution in [-0.4, -0.2) is 32.9 Å². The van der Waals surface area contributed by atoms with Crippen molar-refractivity contribution in [3.63, 3.8) is 0 Å². The molecule has 7 nitrogen and oxygen atoms in total. The molecule has 124 valence electrons. The first-order valence-electron chi connectivity index (χ1n) is 7.66. The van der Waals surface area contributed by atoms with Crippen LogP contribution in [0.25, 0.3) is 0 Å². The summed E-state index contributed by atoms with van der Waals surface area (Å²) in [7, 11) is 0. The topological polar surface area (TPSA) is 81.1 Å². The molecule has 7 heteroatoms. The van der Waals surface area contributed by atoms with Gasteiger partial charge in [-0.2, -0.15) is 5.10 Å². The van der Waals surface area contributed by atoms with Gasteiger partial charge in [0.2, 0.25) is 5.88 Å². The lowest BCUT2D eigenvalue weighted by Gasteiger charge is -2.15. The Bertz CT molecular complexity index is 595. The normalized spacial score (nSPS) is 12.0. The van der Waals surface area contributed by atoms with Crippen molar-refractivity contribution in [3.8, 4) is 5.88 Å². The van der Waals surface area contributed by atoms with E-state index >= 15 is 0 Å². The van der Waals surface area contributed by atoms with Gasteiger partial charge in [-0.1, -0.05) is 6.07 Å². The van der Waals surface area contributed by atoms with Crippen LogP contribution in [0.3, 0.4) is 0 Å². The summed E-state index contributed by atoms with van der Waals surface area (Å²) in [4.78, 5) is 16.1. The largest absolute Gasteiger partial charge is 0.475 e. The maximum atomic E-state index is 11.9. The minimum absolute atomic E-state index is 0.0187. The Morgan fingerprint density at radius 1 is 1.35 bits per heavy atom. The second kappa shape index (κ2) is 8.17. The Morgan fingerprint density at radius 3 is 2.78 bits per heavy atom. The summed E-state index contributed by atoms with van der Waals surface area (Å²) in [6.07, 6.45) is 5.37. The van der Waals surface area contributed by atoms with Gasteiger partial charge in [0.15, 0.2) is 0 Å². The third kappa shape index (κ3) is 5.98. The van der Waals surface area contributed by atoms with E-state index in [-0.39, 0.29) is 18.2 Å². The molecule has 2 amide bonds. The van der Waals surface area contributed by atoms with Gasteiger partial charge in [-0.15, -0.1) is 0 Å². The molecule has 2 aromatic rings. The highest BCUT2D eigenvalue weighted by Crippen LogP contribution is 2.09. The average molecular weight is 317 g/mol. The van der Waals surface area contributed by atoms with E-state index in [1.54, 1.807) is 23.1 Å². The van der Waals surface area contributed by atoms with Crippen molar-refractivity contribution < 1.29 is 9.53 Å². The maximum absolute atomic E-state index is 11.9. The Labute approximate surface area is 136 Å². The van der Waals surface area contributed by atoms with E-state index in [0.717, 1.165) is 5.56 Å². The van der Waals surface area contributed by atoms with Crippen LogP contribution < -0.4 is 15.4 Å². The molecule has 1 atom stereocenters. The summed E-state index contributed by atoms with van der Waals surface area (Å²) in [6.45, 7) is 6.87. The SMILES string of the molecule is CC(C)Oc1ccc(CNC(=O)N[C@@H](C)Cn2cccn2)cn1. The third-order valence-electron chi connectivity index (χ3n) is 3.00. The zero-order valence-electron chi connectivity index (χ0n) is 13.7. The number of carbonyl (C=O) groups excluding carboxylic acids is 1. The van der Waals surface area contributed by atoms with Crippen molar-refractivity contribution in [2.24, 2.45) is 0 Å². The predicted molar refractivity (Wildman–Crippen MR) is 87.1 cm³/mol. The number of nitrogens with one attached hydrogen (secondary N) is 2. The number of amides is 2. The van der Waals surface area contributed by atoms with Crippen molar-refractivity contribution >= 4 is 6.03 Å². The molecule has 0 saturated heterocycles. The molecular weight excluding hydrogens is 294 g/mol. The van der Waals surface area contributed by atoms with E-state index in [4.69, 9.17) is 4.74 Å². The summed E-state index contributed by atoms with van der Waals surface area (Å²) in [5, 5.41) is 9.79. The number of pyridine rings is 1. The van der Waals surface area contributed by atoms with Crippen molar-refractivity contribution in [2.75, 3.05) is 0 Å². The molecule has 2 rings (SSSR count). The number of nitrogens with zero attached hydrogens (tertiary/aromatic N) is 3. The molecule has 2 aromatic heterocycles. The first-order valence-corrected chi connectivity index (χ1v) is 7.66. The van der Waals surface area contributed by atoms with Gasteiger partial charge in [-0.25, -0.2) is 9.78 Å². The van der Waals surface area contributed by atoms with Crippen molar-refractivity contribution in [1.82, 2.24) is 25.4 Å². The van der Waals surface area contributed by atoms with Crippen LogP contribution in [0.5, 0.6) is 5.88 Å². The number of ether oxygens (including phenoxy) is 1. The lowest BCUT2D eigenvalue weighted by molar-refractivity contribution is 0.232. The van der Waals surface area contributed by atoms with E-state index in [1.807, 2.05) is 39.1 Å². The molecule has 0 bridgehead atoms. The molecule has 0 saturated carbocycles. The second-order valence-electron chi connectivity index (χ2n) is 5.63. The Morgan fingerprint density at radius 2 is 2.17 bits per heavy atom. The van der Waals surface area contributed by atoms with Gasteiger partial charge in [0.25, 0.3) is 0 Å². The molecule has 0 spiro atoms. The lowest BCUT2D eigenvalue weighted by Crippen LogP contribution is -2.42. The number of hydrogen-bond donors (Lipinski definition) is 2. The van der Waals surface area contributed by atoms with E-state index in [9.17, 15) is 4.79 Å². The fourth-order valence-corrected chi connectivity index (χ4v) is 2.02. The monoisotopic (exact) mass is 317 g/mol. The highest BCUT2D eigenvalue weighted by Gasteiger charge is 2.08. The zero-order chi connectivity index (χ0) is 16.7. The number of hydrogen-bond acceptors (Lipinski definition) is 4. The van der Waals surface area contributed by atoms with E-state index in [2.05, 4.69) is 20.7 Å². The minimum Gasteiger partial charge on any atom is -0.475 e. The summed E-state index contributed by atoms with van der Waals surface area (Å²) >= 11 is 0. The van der Waals surface area contributed by atoms with Gasteiger partial charge in [-0.3, -0.25) is 4.68 Å². The van der Waals surface area contributed by atoms with E-state index in [0.29, 0.717) is 19.0 Å². The molecule has 0 aromatic carbocycles. The van der Waals surface area contributed by atoms with Crippen LogP contribution in [0.1, 0.15) is 26.3 Å². The van der Waals surface area contributed by atoms with E-state index in [1.165, 1.54) is 0 Å². The maximum Gasteiger partial charge on any atom is 0.315 e. The Hall–Kier alpha value is -2.57. The van der Waals surface area contributed by atoms with Crippen molar-refractivity contribution in [1.29, 1.82) is 0 Å². The first-order chi connectivity index (χ1) is 11.0. The summed E-state index contributed by atoms with van der Waals surface area (Å²) < 4.78 is 7.26. The fourth-order valence-electron chi connectivity index (χ4n) is 2.02. The van der Waals surface area contributed by atoms with Crippen molar-refractivity contribution in [3.05, 3.63) is 42.4 Å². The summed E-state index contributed by atoms with van der Waals surface area (Å²) in [5.74, 6) is 0.584. The van der Waals surface area contributed by atoms with E-state index < -0.39 is 0 Å². The third-order valence-corrected chi connectivity index (χ3v) is 3.00. The first kappa shape index (κ1) is 16.8. The molecule has 0 radical (unpaired) electrons. The van der Waals surface area contributed by atoms with Gasteiger partial charge in [-0.05, 0) is 32.4 Å². The second-order valence-corrected chi connectivity index (χ2v) is 5.63. The van der Waals surface area contributed by atoms with Crippen LogP contribution in [0.2, 0.25) is 0 Å². The molecule has 2 N–H and O–H groups in total. The summed E-state index contributed by atoms with van der Waals surface area (Å²) in [6, 6.07) is 5.31. The van der Waals surface area contributed by atoms with Crippen LogP contribution in [0.15, 0.2) is 36.8 Å². The average Bonchev–Trinajstić information content (AvgIpc) is 2.98. The molecule has 0 aliphatic carbocycles. The predicted octanol–water partition coefficient (Wildman–Crippen LogP) is 1.95. The molecule has 2 heterocycles. The lowest BCUT2D eigenvalue weighted by atomic mass is 10.3. The van der Waals surface area contributed by atoms with Gasteiger partial charge < -0.3 is 15.4 Å². The number of urea groups is 1. The van der Waals surface area contributed by atoms with Gasteiger partial charge in [0.1, 0.15) is 0 Å². The highest BCUT2D eigenvalue weighted by atomic mass is 16.5. The van der Waals surface area contributed by atoms with Crippen LogP contribution in [-0.2, 0) is 13.1 Å². The fraction of sp³-hybridized carbons (Fsp3) is 0.438. The standard InChI is InChI=1S/C16H23N5O2/c1-12(2)23-15-6-5-14(9-17-15)10-18-16(22)20-13(3)11-21-8-4-7-19-21/h4-9,12-13H,10-11H2,1-3H3,(H2,18,20,22)/t13-/m0/s1. The molecular formula is C16H23N5O2. The zero-order valence-corrected chi connectivity index (χ0v) is 13.7. The van der Waals surface area contributed by atoms with Gasteiger partial charge >= 0.3 is 6.03 Å². The minimum atomic E-state index is -0.216. The summed E-state index contributed by atoms with van der Waals surface area (Å²) in [5.41, 5.74) is 0.913. The highest BCUT2D eigenvalue weighted by molar-refractivity contribution is 5.74.